The molecule has 1 unspecified atom stereocenters. The molecule has 0 bridgehead atoms. The zero-order valence-corrected chi connectivity index (χ0v) is 11.8. The van der Waals surface area contributed by atoms with Crippen LogP contribution in [0.4, 0.5) is 14.7 Å². The van der Waals surface area contributed by atoms with Crippen molar-refractivity contribution in [3.63, 3.8) is 0 Å². The molecule has 8 heteroatoms. The van der Waals surface area contributed by atoms with E-state index in [1.165, 1.54) is 13.1 Å². The summed E-state index contributed by atoms with van der Waals surface area (Å²) in [5.74, 6) is -1.63. The van der Waals surface area contributed by atoms with E-state index in [1.54, 1.807) is 0 Å². The standard InChI is InChI=1S/C12H9BrF2N2O3/c1-16-12(10-2-3-11(20-10)17(18)19)6-4-9(15)7(13)5-8(6)14/h2-5,12,16H,1H3. The van der Waals surface area contributed by atoms with Crippen LogP contribution in [0.3, 0.4) is 0 Å². The van der Waals surface area contributed by atoms with E-state index in [-0.39, 0.29) is 15.8 Å². The number of rotatable bonds is 4. The Morgan fingerprint density at radius 3 is 2.60 bits per heavy atom. The van der Waals surface area contributed by atoms with Gasteiger partial charge in [-0.05, 0) is 41.2 Å². The molecular weight excluding hydrogens is 338 g/mol. The smallest absolute Gasteiger partial charge is 0.404 e. The van der Waals surface area contributed by atoms with Crippen LogP contribution in [-0.2, 0) is 0 Å². The van der Waals surface area contributed by atoms with E-state index in [2.05, 4.69) is 21.2 Å². The van der Waals surface area contributed by atoms with Crippen LogP contribution in [0.15, 0.2) is 33.2 Å². The van der Waals surface area contributed by atoms with Gasteiger partial charge in [-0.2, -0.15) is 0 Å². The molecule has 20 heavy (non-hydrogen) atoms. The molecule has 0 saturated carbocycles. The quantitative estimate of drug-likeness (QED) is 0.522. The van der Waals surface area contributed by atoms with Gasteiger partial charge in [0.25, 0.3) is 0 Å². The summed E-state index contributed by atoms with van der Waals surface area (Å²) in [5, 5.41) is 13.3. The monoisotopic (exact) mass is 346 g/mol. The Hall–Kier alpha value is -1.80. The second kappa shape index (κ2) is 5.68. The number of benzene rings is 1. The van der Waals surface area contributed by atoms with Crippen molar-refractivity contribution in [2.24, 2.45) is 0 Å². The topological polar surface area (TPSA) is 68.3 Å². The SMILES string of the molecule is CNC(c1ccc([N+](=O)[O-])o1)c1cc(F)c(Br)cc1F. The van der Waals surface area contributed by atoms with E-state index in [0.29, 0.717) is 0 Å². The zero-order chi connectivity index (χ0) is 14.9. The van der Waals surface area contributed by atoms with Crippen LogP contribution in [0.5, 0.6) is 0 Å². The summed E-state index contributed by atoms with van der Waals surface area (Å²) >= 11 is 2.88. The summed E-state index contributed by atoms with van der Waals surface area (Å²) in [6.45, 7) is 0. The highest BCUT2D eigenvalue weighted by atomic mass is 79.9. The van der Waals surface area contributed by atoms with Crippen molar-refractivity contribution in [2.75, 3.05) is 7.05 Å². The molecule has 0 aliphatic rings. The Kier molecular flexibility index (Phi) is 4.15. The Balaban J connectivity index is 2.46. The molecule has 0 amide bonds. The highest BCUT2D eigenvalue weighted by Gasteiger charge is 2.23. The molecular formula is C12H9BrF2N2O3. The molecule has 5 nitrogen and oxygen atoms in total. The molecule has 1 atom stereocenters. The number of nitrogens with zero attached hydrogens (tertiary/aromatic N) is 1. The van der Waals surface area contributed by atoms with Gasteiger partial charge in [0.05, 0.1) is 16.6 Å². The van der Waals surface area contributed by atoms with E-state index >= 15 is 0 Å². The highest BCUT2D eigenvalue weighted by molar-refractivity contribution is 9.10. The van der Waals surface area contributed by atoms with Gasteiger partial charge in [-0.1, -0.05) is 0 Å². The average molecular weight is 347 g/mol. The number of nitro groups is 1. The fourth-order valence-corrected chi connectivity index (χ4v) is 2.12. The minimum Gasteiger partial charge on any atom is -0.404 e. The first kappa shape index (κ1) is 14.6. The van der Waals surface area contributed by atoms with Gasteiger partial charge < -0.3 is 9.73 Å². The van der Waals surface area contributed by atoms with Gasteiger partial charge in [0.2, 0.25) is 0 Å². The summed E-state index contributed by atoms with van der Waals surface area (Å²) in [6.07, 6.45) is 0. The Bertz CT molecular complexity index is 660. The number of halogens is 3. The third-order valence-electron chi connectivity index (χ3n) is 2.72. The van der Waals surface area contributed by atoms with Crippen LogP contribution in [0.2, 0.25) is 0 Å². The summed E-state index contributed by atoms with van der Waals surface area (Å²) < 4.78 is 32.4. The Labute approximate surface area is 120 Å². The van der Waals surface area contributed by atoms with Crippen molar-refractivity contribution in [2.45, 2.75) is 6.04 Å². The first-order valence-electron chi connectivity index (χ1n) is 5.50. The lowest BCUT2D eigenvalue weighted by atomic mass is 10.0. The van der Waals surface area contributed by atoms with Crippen LogP contribution in [0, 0.1) is 21.7 Å². The summed E-state index contributed by atoms with van der Waals surface area (Å²) in [4.78, 5) is 9.88. The third kappa shape index (κ3) is 2.70. The predicted octanol–water partition coefficient (Wildman–Crippen LogP) is 3.54. The molecule has 0 aliphatic carbocycles. The maximum absolute atomic E-state index is 13.9. The lowest BCUT2D eigenvalue weighted by molar-refractivity contribution is -0.402. The Morgan fingerprint density at radius 2 is 2.05 bits per heavy atom. The highest BCUT2D eigenvalue weighted by Crippen LogP contribution is 2.30. The molecule has 1 heterocycles. The predicted molar refractivity (Wildman–Crippen MR) is 70.3 cm³/mol. The fraction of sp³-hybridized carbons (Fsp3) is 0.167. The van der Waals surface area contributed by atoms with Crippen molar-refractivity contribution >= 4 is 21.8 Å². The van der Waals surface area contributed by atoms with Gasteiger partial charge >= 0.3 is 5.88 Å². The number of hydrogen-bond acceptors (Lipinski definition) is 4. The van der Waals surface area contributed by atoms with Gasteiger partial charge in [0, 0.05) is 5.56 Å². The molecule has 106 valence electrons. The van der Waals surface area contributed by atoms with Gasteiger partial charge in [0.1, 0.15) is 22.3 Å². The van der Waals surface area contributed by atoms with Crippen molar-refractivity contribution in [3.8, 4) is 0 Å². The number of furan rings is 1. The maximum Gasteiger partial charge on any atom is 0.433 e. The fourth-order valence-electron chi connectivity index (χ4n) is 1.81. The van der Waals surface area contributed by atoms with E-state index in [1.807, 2.05) is 0 Å². The lowest BCUT2D eigenvalue weighted by Crippen LogP contribution is -2.18. The first-order valence-corrected chi connectivity index (χ1v) is 6.29. The van der Waals surface area contributed by atoms with Crippen LogP contribution < -0.4 is 5.32 Å². The minimum atomic E-state index is -0.828. The molecule has 0 radical (unpaired) electrons. The van der Waals surface area contributed by atoms with E-state index in [4.69, 9.17) is 4.42 Å². The molecule has 2 aromatic rings. The van der Waals surface area contributed by atoms with Gasteiger partial charge in [-0.25, -0.2) is 8.78 Å². The van der Waals surface area contributed by atoms with Gasteiger partial charge in [-0.3, -0.25) is 10.1 Å². The summed E-state index contributed by atoms with van der Waals surface area (Å²) in [5.41, 5.74) is -0.00236. The molecule has 2 rings (SSSR count). The Morgan fingerprint density at radius 1 is 1.35 bits per heavy atom. The van der Waals surface area contributed by atoms with Crippen LogP contribution in [0.25, 0.3) is 0 Å². The van der Waals surface area contributed by atoms with Crippen molar-refractivity contribution < 1.29 is 18.1 Å². The van der Waals surface area contributed by atoms with Crippen molar-refractivity contribution in [1.82, 2.24) is 5.32 Å². The molecule has 1 aromatic heterocycles. The average Bonchev–Trinajstić information content (AvgIpc) is 2.86. The minimum absolute atomic E-state index is 0.000900. The van der Waals surface area contributed by atoms with Crippen LogP contribution in [-0.4, -0.2) is 12.0 Å². The number of hydrogen-bond donors (Lipinski definition) is 1. The summed E-state index contributed by atoms with van der Waals surface area (Å²) in [7, 11) is 1.51. The van der Waals surface area contributed by atoms with E-state index < -0.39 is 28.5 Å². The molecule has 1 aromatic carbocycles. The van der Waals surface area contributed by atoms with Gasteiger partial charge in [0.15, 0.2) is 0 Å². The molecule has 0 aliphatic heterocycles. The lowest BCUT2D eigenvalue weighted by Gasteiger charge is -2.15. The largest absolute Gasteiger partial charge is 0.433 e. The van der Waals surface area contributed by atoms with E-state index in [0.717, 1.165) is 18.2 Å². The second-order valence-corrected chi connectivity index (χ2v) is 4.80. The van der Waals surface area contributed by atoms with E-state index in [9.17, 15) is 18.9 Å². The van der Waals surface area contributed by atoms with Gasteiger partial charge in [-0.15, -0.1) is 0 Å². The molecule has 0 spiro atoms. The maximum atomic E-state index is 13.9. The summed E-state index contributed by atoms with van der Waals surface area (Å²) in [6, 6.07) is 3.68. The third-order valence-corrected chi connectivity index (χ3v) is 3.32. The van der Waals surface area contributed by atoms with Crippen LogP contribution >= 0.6 is 15.9 Å². The van der Waals surface area contributed by atoms with Crippen molar-refractivity contribution in [1.29, 1.82) is 0 Å². The zero-order valence-electron chi connectivity index (χ0n) is 10.2. The molecule has 0 saturated heterocycles. The molecule has 1 N–H and O–H groups in total. The van der Waals surface area contributed by atoms with Crippen molar-refractivity contribution in [3.05, 3.63) is 61.8 Å². The first-order chi connectivity index (χ1) is 9.43. The molecule has 0 fully saturated rings. The number of nitrogens with one attached hydrogen (secondary N) is 1. The van der Waals surface area contributed by atoms with Crippen LogP contribution in [0.1, 0.15) is 17.4 Å². The second-order valence-electron chi connectivity index (χ2n) is 3.94. The normalized spacial score (nSPS) is 12.4.